The lowest BCUT2D eigenvalue weighted by Gasteiger charge is -2.45. The lowest BCUT2D eigenvalue weighted by molar-refractivity contribution is 0.0247. The molecular weight excluding hydrogens is 224 g/mol. The molecule has 2 N–H and O–H groups in total. The molecular formula is C15H22N2O. The highest BCUT2D eigenvalue weighted by Crippen LogP contribution is 2.23. The molecule has 3 heteroatoms. The van der Waals surface area contributed by atoms with Crippen LogP contribution in [-0.2, 0) is 11.2 Å². The predicted molar refractivity (Wildman–Crippen MR) is 72.7 cm³/mol. The second kappa shape index (κ2) is 5.39. The first-order valence-electron chi connectivity index (χ1n) is 6.96. The van der Waals surface area contributed by atoms with Crippen molar-refractivity contribution < 1.29 is 4.74 Å². The Morgan fingerprint density at radius 1 is 1.17 bits per heavy atom. The van der Waals surface area contributed by atoms with E-state index in [4.69, 9.17) is 4.74 Å². The first kappa shape index (κ1) is 12.2. The maximum Gasteiger partial charge on any atom is 0.0484 e. The smallest absolute Gasteiger partial charge is 0.0484 e. The van der Waals surface area contributed by atoms with Crippen molar-refractivity contribution in [3.8, 4) is 0 Å². The van der Waals surface area contributed by atoms with E-state index >= 15 is 0 Å². The van der Waals surface area contributed by atoms with Crippen molar-refractivity contribution in [1.82, 2.24) is 10.6 Å². The van der Waals surface area contributed by atoms with Gasteiger partial charge in [-0.2, -0.15) is 0 Å². The molecule has 1 spiro atoms. The summed E-state index contributed by atoms with van der Waals surface area (Å²) < 4.78 is 5.48. The quantitative estimate of drug-likeness (QED) is 0.826. The molecule has 2 aliphatic rings. The van der Waals surface area contributed by atoms with E-state index in [0.717, 1.165) is 45.6 Å². The molecule has 0 radical (unpaired) electrons. The number of nitrogens with one attached hydrogen (secondary N) is 2. The summed E-state index contributed by atoms with van der Waals surface area (Å²) in [4.78, 5) is 0. The molecule has 98 valence electrons. The molecule has 1 aromatic carbocycles. The number of rotatable bonds is 2. The van der Waals surface area contributed by atoms with Crippen LogP contribution in [0.3, 0.4) is 0 Å². The van der Waals surface area contributed by atoms with Gasteiger partial charge in [-0.3, -0.25) is 0 Å². The van der Waals surface area contributed by atoms with Crippen LogP contribution in [0, 0.1) is 0 Å². The highest BCUT2D eigenvalue weighted by molar-refractivity contribution is 5.17. The molecule has 3 rings (SSSR count). The van der Waals surface area contributed by atoms with Gasteiger partial charge in [0, 0.05) is 37.9 Å². The Kier molecular flexibility index (Phi) is 3.64. The summed E-state index contributed by atoms with van der Waals surface area (Å²) in [6, 6.07) is 11.3. The maximum absolute atomic E-state index is 5.48. The van der Waals surface area contributed by atoms with Crippen LogP contribution in [-0.4, -0.2) is 37.9 Å². The molecule has 2 aliphatic heterocycles. The number of piperazine rings is 1. The fraction of sp³-hybridized carbons (Fsp3) is 0.600. The van der Waals surface area contributed by atoms with E-state index in [2.05, 4.69) is 41.0 Å². The molecule has 1 atom stereocenters. The Balaban J connectivity index is 1.63. The van der Waals surface area contributed by atoms with Crippen LogP contribution in [0.25, 0.3) is 0 Å². The first-order chi connectivity index (χ1) is 8.86. The average Bonchev–Trinajstić information content (AvgIpc) is 2.41. The van der Waals surface area contributed by atoms with Crippen LogP contribution in [0.4, 0.5) is 0 Å². The number of benzene rings is 1. The Hall–Kier alpha value is -0.900. The van der Waals surface area contributed by atoms with Crippen LogP contribution < -0.4 is 10.6 Å². The molecule has 2 fully saturated rings. The zero-order chi connectivity index (χ0) is 12.3. The van der Waals surface area contributed by atoms with E-state index in [1.807, 2.05) is 0 Å². The number of hydrogen-bond acceptors (Lipinski definition) is 3. The summed E-state index contributed by atoms with van der Waals surface area (Å²) in [7, 11) is 0. The molecule has 0 bridgehead atoms. The van der Waals surface area contributed by atoms with Crippen LogP contribution in [0.5, 0.6) is 0 Å². The summed E-state index contributed by atoms with van der Waals surface area (Å²) in [6.07, 6.45) is 3.37. The second-order valence-electron chi connectivity index (χ2n) is 5.55. The highest BCUT2D eigenvalue weighted by Gasteiger charge is 2.36. The third kappa shape index (κ3) is 2.74. The van der Waals surface area contributed by atoms with E-state index in [-0.39, 0.29) is 5.54 Å². The van der Waals surface area contributed by atoms with Crippen molar-refractivity contribution in [3.05, 3.63) is 35.9 Å². The van der Waals surface area contributed by atoms with Gasteiger partial charge in [-0.05, 0) is 24.8 Å². The Morgan fingerprint density at radius 2 is 1.94 bits per heavy atom. The van der Waals surface area contributed by atoms with Gasteiger partial charge in [-0.15, -0.1) is 0 Å². The van der Waals surface area contributed by atoms with Gasteiger partial charge in [0.25, 0.3) is 0 Å². The molecule has 1 unspecified atom stereocenters. The third-order valence-electron chi connectivity index (χ3n) is 4.14. The minimum absolute atomic E-state index is 0.274. The Labute approximate surface area is 109 Å². The van der Waals surface area contributed by atoms with Gasteiger partial charge in [-0.25, -0.2) is 0 Å². The molecule has 0 saturated carbocycles. The van der Waals surface area contributed by atoms with Crippen molar-refractivity contribution >= 4 is 0 Å². The van der Waals surface area contributed by atoms with E-state index in [0.29, 0.717) is 6.04 Å². The van der Waals surface area contributed by atoms with E-state index in [9.17, 15) is 0 Å². The van der Waals surface area contributed by atoms with Gasteiger partial charge >= 0.3 is 0 Å². The van der Waals surface area contributed by atoms with Gasteiger partial charge in [0.2, 0.25) is 0 Å². The van der Waals surface area contributed by atoms with Gasteiger partial charge in [0.15, 0.2) is 0 Å². The summed E-state index contributed by atoms with van der Waals surface area (Å²) in [6.45, 7) is 3.94. The molecule has 2 saturated heterocycles. The standard InChI is InChI=1S/C15H22N2O/c1-2-4-13(5-3-1)10-14-11-16-12-15(17-14)6-8-18-9-7-15/h1-5,14,16-17H,6-12H2. The molecule has 0 aromatic heterocycles. The fourth-order valence-electron chi connectivity index (χ4n) is 3.13. The summed E-state index contributed by atoms with van der Waals surface area (Å²) in [5.74, 6) is 0. The van der Waals surface area contributed by atoms with Gasteiger partial charge in [-0.1, -0.05) is 30.3 Å². The SMILES string of the molecule is c1ccc(CC2CNCC3(CCOCC3)N2)cc1. The van der Waals surface area contributed by atoms with Crippen molar-refractivity contribution in [2.45, 2.75) is 30.8 Å². The molecule has 3 nitrogen and oxygen atoms in total. The largest absolute Gasteiger partial charge is 0.381 e. The minimum atomic E-state index is 0.274. The van der Waals surface area contributed by atoms with Crippen LogP contribution in [0.15, 0.2) is 30.3 Å². The van der Waals surface area contributed by atoms with Gasteiger partial charge in [0.1, 0.15) is 0 Å². The zero-order valence-corrected chi connectivity index (χ0v) is 10.8. The van der Waals surface area contributed by atoms with Crippen molar-refractivity contribution in [2.75, 3.05) is 26.3 Å². The van der Waals surface area contributed by atoms with E-state index in [1.165, 1.54) is 5.56 Å². The number of hydrogen-bond donors (Lipinski definition) is 2. The Morgan fingerprint density at radius 3 is 2.72 bits per heavy atom. The highest BCUT2D eigenvalue weighted by atomic mass is 16.5. The summed E-state index contributed by atoms with van der Waals surface area (Å²) >= 11 is 0. The normalized spacial score (nSPS) is 27.2. The molecule has 2 heterocycles. The monoisotopic (exact) mass is 246 g/mol. The molecule has 1 aromatic rings. The van der Waals surface area contributed by atoms with Crippen LogP contribution >= 0.6 is 0 Å². The number of ether oxygens (including phenoxy) is 1. The van der Waals surface area contributed by atoms with Gasteiger partial charge < -0.3 is 15.4 Å². The predicted octanol–water partition coefficient (Wildman–Crippen LogP) is 1.34. The summed E-state index contributed by atoms with van der Waals surface area (Å²) in [5, 5.41) is 7.47. The summed E-state index contributed by atoms with van der Waals surface area (Å²) in [5.41, 5.74) is 1.69. The maximum atomic E-state index is 5.48. The lowest BCUT2D eigenvalue weighted by Crippen LogP contribution is -2.65. The van der Waals surface area contributed by atoms with E-state index < -0.39 is 0 Å². The molecule has 18 heavy (non-hydrogen) atoms. The minimum Gasteiger partial charge on any atom is -0.381 e. The van der Waals surface area contributed by atoms with Crippen LogP contribution in [0.1, 0.15) is 18.4 Å². The van der Waals surface area contributed by atoms with Crippen molar-refractivity contribution in [2.24, 2.45) is 0 Å². The second-order valence-corrected chi connectivity index (χ2v) is 5.55. The Bertz CT molecular complexity index is 368. The average molecular weight is 246 g/mol. The van der Waals surface area contributed by atoms with Crippen molar-refractivity contribution in [3.63, 3.8) is 0 Å². The first-order valence-corrected chi connectivity index (χ1v) is 6.96. The topological polar surface area (TPSA) is 33.3 Å². The van der Waals surface area contributed by atoms with Crippen LogP contribution in [0.2, 0.25) is 0 Å². The zero-order valence-electron chi connectivity index (χ0n) is 10.8. The lowest BCUT2D eigenvalue weighted by atomic mass is 9.86. The van der Waals surface area contributed by atoms with Gasteiger partial charge in [0.05, 0.1) is 0 Å². The molecule has 0 aliphatic carbocycles. The third-order valence-corrected chi connectivity index (χ3v) is 4.14. The van der Waals surface area contributed by atoms with E-state index in [1.54, 1.807) is 0 Å². The molecule has 0 amide bonds. The van der Waals surface area contributed by atoms with Crippen molar-refractivity contribution in [1.29, 1.82) is 0 Å². The fourth-order valence-corrected chi connectivity index (χ4v) is 3.13.